The number of benzene rings is 1. The normalized spacial score (nSPS) is 15.0. The monoisotopic (exact) mass is 665 g/mol. The fourth-order valence-electron chi connectivity index (χ4n) is 6.70. The van der Waals surface area contributed by atoms with E-state index in [1.54, 1.807) is 23.0 Å². The number of hydrogen-bond donors (Lipinski definition) is 2. The first-order chi connectivity index (χ1) is 22.6. The molecular formula is C36H42F3N5O4. The number of nitrogens with one attached hydrogen (secondary N) is 1. The van der Waals surface area contributed by atoms with Crippen LogP contribution >= 0.6 is 0 Å². The summed E-state index contributed by atoms with van der Waals surface area (Å²) in [5.41, 5.74) is 3.99. The van der Waals surface area contributed by atoms with Crippen molar-refractivity contribution in [3.05, 3.63) is 92.8 Å². The zero-order valence-corrected chi connectivity index (χ0v) is 27.9. The summed E-state index contributed by atoms with van der Waals surface area (Å²) in [5, 5.41) is 12.8. The van der Waals surface area contributed by atoms with Gasteiger partial charge < -0.3 is 24.3 Å². The Kier molecular flexibility index (Phi) is 10.1. The fourth-order valence-corrected chi connectivity index (χ4v) is 6.70. The molecule has 4 heterocycles. The molecule has 0 bridgehead atoms. The molecule has 2 N–H and O–H groups in total. The Hall–Kier alpha value is -4.45. The van der Waals surface area contributed by atoms with Gasteiger partial charge in [0.25, 0.3) is 5.56 Å². The Balaban J connectivity index is 1.56. The molecule has 1 amide bonds. The number of rotatable bonds is 12. The molecule has 0 saturated carbocycles. The summed E-state index contributed by atoms with van der Waals surface area (Å²) in [6.07, 6.45) is 2.27. The highest BCUT2D eigenvalue weighted by atomic mass is 19.4. The molecule has 2 atom stereocenters. The SMILES string of the molecule is Cc1cc(C)c(-c2cc(C(CC(=O)O)NC(=O)C(CC(C)C)n3cc(CCN4CCC4)c(C(F)(F)F)cc3=O)cn3ccnc23)c(C)c1. The Labute approximate surface area is 277 Å². The van der Waals surface area contributed by atoms with E-state index < -0.39 is 47.7 Å². The van der Waals surface area contributed by atoms with Crippen LogP contribution in [0.2, 0.25) is 0 Å². The topological polar surface area (TPSA) is 109 Å². The second kappa shape index (κ2) is 14.0. The van der Waals surface area contributed by atoms with Gasteiger partial charge in [0.2, 0.25) is 5.91 Å². The average Bonchev–Trinajstić information content (AvgIpc) is 3.43. The highest BCUT2D eigenvalue weighted by Gasteiger charge is 2.36. The summed E-state index contributed by atoms with van der Waals surface area (Å²) in [5.74, 6) is -1.92. The second-order valence-corrected chi connectivity index (χ2v) is 13.3. The summed E-state index contributed by atoms with van der Waals surface area (Å²) in [7, 11) is 0. The summed E-state index contributed by atoms with van der Waals surface area (Å²) in [6.45, 7) is 11.7. The van der Waals surface area contributed by atoms with E-state index in [0.29, 0.717) is 23.8 Å². The van der Waals surface area contributed by atoms with Gasteiger partial charge in [-0.25, -0.2) is 4.98 Å². The maximum Gasteiger partial charge on any atom is 0.416 e. The number of carboxylic acids is 1. The lowest BCUT2D eigenvalue weighted by Gasteiger charge is -2.31. The number of pyridine rings is 2. The Morgan fingerprint density at radius 2 is 1.73 bits per heavy atom. The first kappa shape index (κ1) is 34.9. The predicted octanol–water partition coefficient (Wildman–Crippen LogP) is 6.27. The number of imidazole rings is 1. The number of nitrogens with zero attached hydrogens (tertiary/aromatic N) is 4. The number of hydrogen-bond acceptors (Lipinski definition) is 5. The molecule has 0 spiro atoms. The quantitative estimate of drug-likeness (QED) is 0.185. The number of carboxylic acid groups (broad SMARTS) is 1. The van der Waals surface area contributed by atoms with Crippen LogP contribution in [0, 0.1) is 26.7 Å². The molecule has 3 aromatic heterocycles. The molecule has 12 heteroatoms. The summed E-state index contributed by atoms with van der Waals surface area (Å²) < 4.78 is 45.0. The van der Waals surface area contributed by atoms with Crippen LogP contribution in [-0.4, -0.2) is 55.5 Å². The number of halogens is 3. The van der Waals surface area contributed by atoms with Crippen LogP contribution in [0.5, 0.6) is 0 Å². The maximum absolute atomic E-state index is 14.1. The largest absolute Gasteiger partial charge is 0.481 e. The fraction of sp³-hybridized carbons (Fsp3) is 0.444. The van der Waals surface area contributed by atoms with Crippen LogP contribution in [0.15, 0.2) is 53.8 Å². The number of alkyl halides is 3. The van der Waals surface area contributed by atoms with Gasteiger partial charge in [-0.2, -0.15) is 13.2 Å². The van der Waals surface area contributed by atoms with Gasteiger partial charge in [-0.1, -0.05) is 31.5 Å². The zero-order chi connectivity index (χ0) is 34.9. The van der Waals surface area contributed by atoms with Gasteiger partial charge in [0.15, 0.2) is 0 Å². The van der Waals surface area contributed by atoms with Gasteiger partial charge in [-0.05, 0) is 92.9 Å². The molecule has 1 aliphatic rings. The third-order valence-electron chi connectivity index (χ3n) is 9.00. The summed E-state index contributed by atoms with van der Waals surface area (Å²) in [4.78, 5) is 46.1. The highest BCUT2D eigenvalue weighted by molar-refractivity contribution is 5.84. The molecule has 5 rings (SSSR count). The minimum Gasteiger partial charge on any atom is -0.481 e. The van der Waals surface area contributed by atoms with Crippen molar-refractivity contribution in [3.63, 3.8) is 0 Å². The molecule has 48 heavy (non-hydrogen) atoms. The lowest BCUT2D eigenvalue weighted by molar-refractivity contribution is -0.139. The highest BCUT2D eigenvalue weighted by Crippen LogP contribution is 2.35. The van der Waals surface area contributed by atoms with Crippen LogP contribution < -0.4 is 10.9 Å². The van der Waals surface area contributed by atoms with Crippen molar-refractivity contribution in [2.24, 2.45) is 5.92 Å². The first-order valence-electron chi connectivity index (χ1n) is 16.2. The third kappa shape index (κ3) is 7.64. The molecule has 9 nitrogen and oxygen atoms in total. The third-order valence-corrected chi connectivity index (χ3v) is 9.00. The van der Waals surface area contributed by atoms with Crippen LogP contribution in [0.4, 0.5) is 13.2 Å². The number of aromatic nitrogens is 3. The van der Waals surface area contributed by atoms with Crippen molar-refractivity contribution < 1.29 is 27.9 Å². The lowest BCUT2D eigenvalue weighted by atomic mass is 9.92. The van der Waals surface area contributed by atoms with E-state index >= 15 is 0 Å². The minimum absolute atomic E-state index is 0.0586. The minimum atomic E-state index is -4.73. The average molecular weight is 666 g/mol. The van der Waals surface area contributed by atoms with Crippen molar-refractivity contribution >= 4 is 17.5 Å². The van der Waals surface area contributed by atoms with Gasteiger partial charge >= 0.3 is 12.1 Å². The Morgan fingerprint density at radius 3 is 2.31 bits per heavy atom. The molecule has 0 aliphatic carbocycles. The summed E-state index contributed by atoms with van der Waals surface area (Å²) >= 11 is 0. The molecule has 1 aliphatic heterocycles. The molecular weight excluding hydrogens is 623 g/mol. The number of likely N-dealkylation sites (tertiary alicyclic amines) is 1. The molecule has 0 radical (unpaired) electrons. The Morgan fingerprint density at radius 1 is 1.04 bits per heavy atom. The second-order valence-electron chi connectivity index (χ2n) is 13.3. The van der Waals surface area contributed by atoms with Gasteiger partial charge in [-0.3, -0.25) is 14.4 Å². The zero-order valence-electron chi connectivity index (χ0n) is 27.9. The number of carbonyl (C=O) groups is 2. The van der Waals surface area contributed by atoms with E-state index in [1.807, 2.05) is 45.6 Å². The van der Waals surface area contributed by atoms with E-state index in [0.717, 1.165) is 51.9 Å². The number of carbonyl (C=O) groups excluding carboxylic acids is 1. The molecule has 256 valence electrons. The molecule has 2 unspecified atom stereocenters. The Bertz CT molecular complexity index is 1870. The number of aliphatic carboxylic acids is 1. The van der Waals surface area contributed by atoms with Gasteiger partial charge in [-0.15, -0.1) is 0 Å². The molecule has 1 fully saturated rings. The van der Waals surface area contributed by atoms with Crippen LogP contribution in [0.25, 0.3) is 16.8 Å². The van der Waals surface area contributed by atoms with Crippen LogP contribution in [0.3, 0.4) is 0 Å². The van der Waals surface area contributed by atoms with Crippen LogP contribution in [0.1, 0.15) is 78.6 Å². The van der Waals surface area contributed by atoms with Crippen molar-refractivity contribution in [1.29, 1.82) is 0 Å². The number of aryl methyl sites for hydroxylation is 3. The standard InChI is InChI=1S/C36H42F3N5O4/c1-21(2)13-30(44-20-25(7-11-42-9-6-10-42)28(17-31(44)45)36(37,38)39)35(48)41-29(18-32(46)47)26-16-27(34-40-8-12-43(34)19-26)33-23(4)14-22(3)15-24(33)5/h8,12,14-17,19-21,29-30H,6-7,9-11,13,18H2,1-5H3,(H,41,48)(H,46,47). The van der Waals surface area contributed by atoms with Gasteiger partial charge in [0.05, 0.1) is 18.0 Å². The van der Waals surface area contributed by atoms with E-state index in [4.69, 9.17) is 0 Å². The lowest BCUT2D eigenvalue weighted by Crippen LogP contribution is -2.41. The first-order valence-corrected chi connectivity index (χ1v) is 16.2. The van der Waals surface area contributed by atoms with Crippen molar-refractivity contribution in [3.8, 4) is 11.1 Å². The van der Waals surface area contributed by atoms with Crippen LogP contribution in [-0.2, 0) is 22.2 Å². The summed E-state index contributed by atoms with van der Waals surface area (Å²) in [6, 6.07) is 4.33. The van der Waals surface area contributed by atoms with Crippen molar-refractivity contribution in [2.75, 3.05) is 19.6 Å². The van der Waals surface area contributed by atoms with Crippen molar-refractivity contribution in [1.82, 2.24) is 24.2 Å². The smallest absolute Gasteiger partial charge is 0.416 e. The van der Waals surface area contributed by atoms with E-state index in [2.05, 4.69) is 22.4 Å². The number of amides is 1. The van der Waals surface area contributed by atoms with E-state index in [-0.39, 0.29) is 24.3 Å². The van der Waals surface area contributed by atoms with E-state index in [1.165, 1.54) is 6.20 Å². The molecule has 1 saturated heterocycles. The van der Waals surface area contributed by atoms with Gasteiger partial charge in [0.1, 0.15) is 11.7 Å². The predicted molar refractivity (Wildman–Crippen MR) is 177 cm³/mol. The van der Waals surface area contributed by atoms with Crippen molar-refractivity contribution in [2.45, 2.75) is 78.6 Å². The maximum atomic E-state index is 14.1. The van der Waals surface area contributed by atoms with E-state index in [9.17, 15) is 32.7 Å². The molecule has 4 aromatic rings. The number of fused-ring (bicyclic) bond motifs is 1. The van der Waals surface area contributed by atoms with Gasteiger partial charge in [0, 0.05) is 43.0 Å². The molecule has 1 aromatic carbocycles.